The normalized spacial score (nSPS) is 15.5. The number of furan rings is 1. The van der Waals surface area contributed by atoms with Crippen LogP contribution in [0.2, 0.25) is 0 Å². The third-order valence-corrected chi connectivity index (χ3v) is 5.25. The van der Waals surface area contributed by atoms with Gasteiger partial charge in [0.15, 0.2) is 6.61 Å². The van der Waals surface area contributed by atoms with Gasteiger partial charge in [-0.25, -0.2) is 9.80 Å². The summed E-state index contributed by atoms with van der Waals surface area (Å²) in [4.78, 5) is 25.3. The van der Waals surface area contributed by atoms with Gasteiger partial charge in [-0.15, -0.1) is 0 Å². The van der Waals surface area contributed by atoms with Crippen LogP contribution in [0, 0.1) is 6.92 Å². The summed E-state index contributed by atoms with van der Waals surface area (Å²) in [7, 11) is 1.61. The van der Waals surface area contributed by atoms with Crippen LogP contribution in [0.4, 0.5) is 0 Å². The van der Waals surface area contributed by atoms with Crippen molar-refractivity contribution < 1.29 is 23.5 Å². The summed E-state index contributed by atoms with van der Waals surface area (Å²) >= 11 is 0. The Morgan fingerprint density at radius 2 is 1.84 bits per heavy atom. The summed E-state index contributed by atoms with van der Waals surface area (Å²) in [5.41, 5.74) is 4.17. The zero-order valence-corrected chi connectivity index (χ0v) is 18.0. The summed E-state index contributed by atoms with van der Waals surface area (Å²) < 4.78 is 15.9. The summed E-state index contributed by atoms with van der Waals surface area (Å²) in [5, 5.41) is 5.89. The lowest BCUT2D eigenvalue weighted by Gasteiger charge is -2.19. The molecule has 0 radical (unpaired) electrons. The molecule has 4 rings (SSSR count). The molecule has 1 aromatic heterocycles. The first kappa shape index (κ1) is 21.5. The third-order valence-electron chi connectivity index (χ3n) is 5.25. The van der Waals surface area contributed by atoms with E-state index >= 15 is 0 Å². The molecule has 0 N–H and O–H groups in total. The van der Waals surface area contributed by atoms with Gasteiger partial charge < -0.3 is 13.9 Å². The molecule has 1 amide bonds. The van der Waals surface area contributed by atoms with Gasteiger partial charge in [0.2, 0.25) is 0 Å². The SMILES string of the molecule is COCc1ccc(C(=O)OCC(=O)N2N=C(c3ccc(C)cc3)CC2c2ccco2)cc1. The topological polar surface area (TPSA) is 81.3 Å². The number of nitrogens with zero attached hydrogens (tertiary/aromatic N) is 2. The lowest BCUT2D eigenvalue weighted by Crippen LogP contribution is -2.31. The molecule has 1 unspecified atom stereocenters. The van der Waals surface area contributed by atoms with Crippen molar-refractivity contribution in [2.24, 2.45) is 5.10 Å². The lowest BCUT2D eigenvalue weighted by atomic mass is 10.0. The number of hydrogen-bond donors (Lipinski definition) is 0. The number of rotatable bonds is 7. The van der Waals surface area contributed by atoms with Gasteiger partial charge in [0.1, 0.15) is 11.8 Å². The van der Waals surface area contributed by atoms with Crippen molar-refractivity contribution in [3.05, 3.63) is 94.9 Å². The zero-order chi connectivity index (χ0) is 22.5. The average Bonchev–Trinajstić information content (AvgIpc) is 3.48. The molecule has 0 aliphatic carbocycles. The average molecular weight is 432 g/mol. The first-order chi connectivity index (χ1) is 15.5. The third kappa shape index (κ3) is 4.78. The molecule has 32 heavy (non-hydrogen) atoms. The molecule has 0 spiro atoms. The van der Waals surface area contributed by atoms with Crippen LogP contribution < -0.4 is 0 Å². The van der Waals surface area contributed by atoms with E-state index in [-0.39, 0.29) is 6.04 Å². The number of benzene rings is 2. The number of aryl methyl sites for hydroxylation is 1. The predicted octanol–water partition coefficient (Wildman–Crippen LogP) is 4.27. The van der Waals surface area contributed by atoms with E-state index in [0.29, 0.717) is 24.4 Å². The Morgan fingerprint density at radius 3 is 2.50 bits per heavy atom. The summed E-state index contributed by atoms with van der Waals surface area (Å²) in [6, 6.07) is 18.0. The van der Waals surface area contributed by atoms with Gasteiger partial charge >= 0.3 is 5.97 Å². The van der Waals surface area contributed by atoms with E-state index in [9.17, 15) is 9.59 Å². The number of carbonyl (C=O) groups excluding carboxylic acids is 2. The molecule has 1 aliphatic heterocycles. The van der Waals surface area contributed by atoms with Gasteiger partial charge in [-0.3, -0.25) is 4.79 Å². The number of methoxy groups -OCH3 is 1. The van der Waals surface area contributed by atoms with Crippen molar-refractivity contribution in [3.63, 3.8) is 0 Å². The Labute approximate surface area is 186 Å². The molecule has 1 aliphatic rings. The smallest absolute Gasteiger partial charge is 0.338 e. The molecule has 0 bridgehead atoms. The Hall–Kier alpha value is -3.71. The van der Waals surface area contributed by atoms with Crippen LogP contribution in [0.5, 0.6) is 0 Å². The van der Waals surface area contributed by atoms with E-state index < -0.39 is 18.5 Å². The Bertz CT molecular complexity index is 1100. The number of esters is 1. The minimum absolute atomic E-state index is 0.366. The maximum Gasteiger partial charge on any atom is 0.338 e. The fourth-order valence-electron chi connectivity index (χ4n) is 3.54. The fourth-order valence-corrected chi connectivity index (χ4v) is 3.54. The van der Waals surface area contributed by atoms with Gasteiger partial charge in [0, 0.05) is 13.5 Å². The van der Waals surface area contributed by atoms with Crippen LogP contribution >= 0.6 is 0 Å². The highest BCUT2D eigenvalue weighted by atomic mass is 16.5. The zero-order valence-electron chi connectivity index (χ0n) is 18.0. The second-order valence-electron chi connectivity index (χ2n) is 7.59. The number of hydrazone groups is 1. The van der Waals surface area contributed by atoms with Gasteiger partial charge in [-0.1, -0.05) is 42.0 Å². The van der Waals surface area contributed by atoms with E-state index in [0.717, 1.165) is 22.4 Å². The molecule has 7 nitrogen and oxygen atoms in total. The monoisotopic (exact) mass is 432 g/mol. The Kier molecular flexibility index (Phi) is 6.47. The molecule has 2 aromatic carbocycles. The first-order valence-corrected chi connectivity index (χ1v) is 10.3. The quantitative estimate of drug-likeness (QED) is 0.521. The highest BCUT2D eigenvalue weighted by Crippen LogP contribution is 2.33. The second kappa shape index (κ2) is 9.62. The molecule has 3 aromatic rings. The molecule has 7 heteroatoms. The van der Waals surface area contributed by atoms with E-state index in [4.69, 9.17) is 13.9 Å². The number of ether oxygens (including phenoxy) is 2. The van der Waals surface area contributed by atoms with Crippen LogP contribution in [-0.2, 0) is 20.9 Å². The highest BCUT2D eigenvalue weighted by molar-refractivity contribution is 6.03. The Balaban J connectivity index is 1.46. The molecular formula is C25H24N2O5. The minimum atomic E-state index is -0.571. The summed E-state index contributed by atoms with van der Waals surface area (Å²) in [5.74, 6) is -0.360. The van der Waals surface area contributed by atoms with Crippen LogP contribution in [-0.4, -0.2) is 36.3 Å². The van der Waals surface area contributed by atoms with Crippen molar-refractivity contribution in [2.45, 2.75) is 26.0 Å². The predicted molar refractivity (Wildman–Crippen MR) is 118 cm³/mol. The molecule has 0 saturated heterocycles. The number of hydrogen-bond acceptors (Lipinski definition) is 6. The molecule has 0 saturated carbocycles. The van der Waals surface area contributed by atoms with E-state index in [1.165, 1.54) is 5.01 Å². The number of amides is 1. The van der Waals surface area contributed by atoms with Crippen LogP contribution in [0.25, 0.3) is 0 Å². The van der Waals surface area contributed by atoms with E-state index in [1.807, 2.05) is 37.3 Å². The van der Waals surface area contributed by atoms with Crippen molar-refractivity contribution in [2.75, 3.05) is 13.7 Å². The van der Waals surface area contributed by atoms with Gasteiger partial charge in [-0.05, 0) is 42.3 Å². The summed E-state index contributed by atoms with van der Waals surface area (Å²) in [6.07, 6.45) is 2.08. The van der Waals surface area contributed by atoms with Crippen LogP contribution in [0.3, 0.4) is 0 Å². The maximum absolute atomic E-state index is 12.9. The van der Waals surface area contributed by atoms with E-state index in [2.05, 4.69) is 5.10 Å². The van der Waals surface area contributed by atoms with Crippen molar-refractivity contribution in [1.29, 1.82) is 0 Å². The van der Waals surface area contributed by atoms with Gasteiger partial charge in [0.05, 0.1) is 24.1 Å². The first-order valence-electron chi connectivity index (χ1n) is 10.3. The van der Waals surface area contributed by atoms with Gasteiger partial charge in [0.25, 0.3) is 5.91 Å². The molecular weight excluding hydrogens is 408 g/mol. The molecule has 1 atom stereocenters. The minimum Gasteiger partial charge on any atom is -0.467 e. The van der Waals surface area contributed by atoms with Crippen molar-refractivity contribution in [1.82, 2.24) is 5.01 Å². The summed E-state index contributed by atoms with van der Waals surface area (Å²) in [6.45, 7) is 2.06. The molecule has 0 fully saturated rings. The lowest BCUT2D eigenvalue weighted by molar-refractivity contribution is -0.136. The standard InChI is InChI=1S/C25H24N2O5/c1-17-5-9-19(10-6-17)21-14-22(23-4-3-13-31-23)27(26-21)24(28)16-32-25(29)20-11-7-18(8-12-20)15-30-2/h3-13,22H,14-16H2,1-2H3. The van der Waals surface area contributed by atoms with Gasteiger partial charge in [-0.2, -0.15) is 5.10 Å². The Morgan fingerprint density at radius 1 is 1.09 bits per heavy atom. The van der Waals surface area contributed by atoms with Crippen molar-refractivity contribution in [3.8, 4) is 0 Å². The highest BCUT2D eigenvalue weighted by Gasteiger charge is 2.35. The van der Waals surface area contributed by atoms with Crippen LogP contribution in [0.1, 0.15) is 45.3 Å². The van der Waals surface area contributed by atoms with Crippen LogP contribution in [0.15, 0.2) is 76.4 Å². The maximum atomic E-state index is 12.9. The number of carbonyl (C=O) groups is 2. The second-order valence-corrected chi connectivity index (χ2v) is 7.59. The van der Waals surface area contributed by atoms with Crippen molar-refractivity contribution >= 4 is 17.6 Å². The molecule has 2 heterocycles. The molecule has 164 valence electrons. The van der Waals surface area contributed by atoms with E-state index in [1.54, 1.807) is 43.7 Å². The largest absolute Gasteiger partial charge is 0.467 e. The fraction of sp³-hybridized carbons (Fsp3) is 0.240.